The molecule has 0 heterocycles. The number of esters is 1. The van der Waals surface area contributed by atoms with Gasteiger partial charge in [0.15, 0.2) is 0 Å². The molecule has 0 unspecified atom stereocenters. The molecule has 0 aliphatic rings. The molecule has 1 amide bonds. The Hall–Kier alpha value is -2.71. The van der Waals surface area contributed by atoms with Gasteiger partial charge in [0.25, 0.3) is 5.91 Å². The third-order valence-electron chi connectivity index (χ3n) is 3.53. The maximum atomic E-state index is 12.2. The molecular formula is C17H18N2O5S. The van der Waals surface area contributed by atoms with Gasteiger partial charge in [-0.1, -0.05) is 24.3 Å². The molecule has 0 aliphatic heterocycles. The predicted molar refractivity (Wildman–Crippen MR) is 91.6 cm³/mol. The minimum Gasteiger partial charge on any atom is -0.465 e. The summed E-state index contributed by atoms with van der Waals surface area (Å²) < 4.78 is 27.1. The molecular weight excluding hydrogens is 344 g/mol. The number of nitrogens with one attached hydrogen (secondary N) is 1. The van der Waals surface area contributed by atoms with Gasteiger partial charge in [0, 0.05) is 6.54 Å². The second kappa shape index (κ2) is 7.91. The Morgan fingerprint density at radius 3 is 2.20 bits per heavy atom. The normalized spacial score (nSPS) is 11.0. The summed E-state index contributed by atoms with van der Waals surface area (Å²) in [7, 11) is -2.47. The van der Waals surface area contributed by atoms with Gasteiger partial charge in [-0.25, -0.2) is 18.4 Å². The third kappa shape index (κ3) is 4.88. The van der Waals surface area contributed by atoms with E-state index in [1.807, 2.05) is 0 Å². The van der Waals surface area contributed by atoms with Crippen LogP contribution in [0, 0.1) is 0 Å². The second-order valence-electron chi connectivity index (χ2n) is 5.23. The number of amides is 1. The van der Waals surface area contributed by atoms with Crippen molar-refractivity contribution in [3.63, 3.8) is 0 Å². The second-order valence-corrected chi connectivity index (χ2v) is 6.79. The first-order chi connectivity index (χ1) is 11.8. The molecule has 0 aliphatic carbocycles. The van der Waals surface area contributed by atoms with Gasteiger partial charge in [-0.2, -0.15) is 0 Å². The molecule has 2 aromatic rings. The van der Waals surface area contributed by atoms with E-state index in [1.165, 1.54) is 25.3 Å². The van der Waals surface area contributed by atoms with Gasteiger partial charge in [-0.15, -0.1) is 0 Å². The quantitative estimate of drug-likeness (QED) is 0.747. The number of carbonyl (C=O) groups is 2. The minimum atomic E-state index is -3.72. The number of hydrogen-bond donors (Lipinski definition) is 2. The van der Waals surface area contributed by atoms with Crippen molar-refractivity contribution >= 4 is 21.9 Å². The van der Waals surface area contributed by atoms with Gasteiger partial charge in [0.1, 0.15) is 0 Å². The summed E-state index contributed by atoms with van der Waals surface area (Å²) in [5, 5.41) is 7.76. The highest BCUT2D eigenvalue weighted by atomic mass is 32.2. The number of nitrogens with two attached hydrogens (primary N) is 1. The molecule has 0 saturated carbocycles. The Bertz CT molecular complexity index is 876. The monoisotopic (exact) mass is 362 g/mol. The zero-order valence-electron chi connectivity index (χ0n) is 13.6. The van der Waals surface area contributed by atoms with Crippen LogP contribution < -0.4 is 10.5 Å². The Labute approximate surface area is 145 Å². The van der Waals surface area contributed by atoms with Crippen LogP contribution in [0.4, 0.5) is 0 Å². The molecule has 0 saturated heterocycles. The Kier molecular flexibility index (Phi) is 5.89. The lowest BCUT2D eigenvalue weighted by Crippen LogP contribution is -2.27. The summed E-state index contributed by atoms with van der Waals surface area (Å²) in [5.74, 6) is -0.966. The SMILES string of the molecule is COC(=O)c1ccccc1C(=O)NCCc1ccc(S(N)(=O)=O)cc1. The molecule has 2 aromatic carbocycles. The molecule has 0 spiro atoms. The van der Waals surface area contributed by atoms with Crippen LogP contribution in [-0.2, 0) is 21.2 Å². The van der Waals surface area contributed by atoms with Gasteiger partial charge in [-0.3, -0.25) is 4.79 Å². The Morgan fingerprint density at radius 2 is 1.64 bits per heavy atom. The van der Waals surface area contributed by atoms with Crippen LogP contribution in [-0.4, -0.2) is 33.9 Å². The van der Waals surface area contributed by atoms with Crippen molar-refractivity contribution in [2.24, 2.45) is 5.14 Å². The maximum absolute atomic E-state index is 12.2. The van der Waals surface area contributed by atoms with Gasteiger partial charge in [0.05, 0.1) is 23.1 Å². The summed E-state index contributed by atoms with van der Waals surface area (Å²) >= 11 is 0. The van der Waals surface area contributed by atoms with Crippen LogP contribution >= 0.6 is 0 Å². The number of benzene rings is 2. The number of sulfonamides is 1. The third-order valence-corrected chi connectivity index (χ3v) is 4.46. The highest BCUT2D eigenvalue weighted by Gasteiger charge is 2.16. The molecule has 132 valence electrons. The zero-order chi connectivity index (χ0) is 18.4. The molecule has 25 heavy (non-hydrogen) atoms. The zero-order valence-corrected chi connectivity index (χ0v) is 14.4. The van der Waals surface area contributed by atoms with E-state index in [9.17, 15) is 18.0 Å². The number of methoxy groups -OCH3 is 1. The van der Waals surface area contributed by atoms with Gasteiger partial charge < -0.3 is 10.1 Å². The van der Waals surface area contributed by atoms with E-state index in [0.717, 1.165) is 5.56 Å². The highest BCUT2D eigenvalue weighted by Crippen LogP contribution is 2.11. The molecule has 8 heteroatoms. The molecule has 0 aromatic heterocycles. The molecule has 2 rings (SSSR count). The maximum Gasteiger partial charge on any atom is 0.338 e. The molecule has 0 fully saturated rings. The predicted octanol–water partition coefficient (Wildman–Crippen LogP) is 1.09. The van der Waals surface area contributed by atoms with Crippen LogP contribution in [0.15, 0.2) is 53.4 Å². The van der Waals surface area contributed by atoms with Crippen molar-refractivity contribution in [3.05, 3.63) is 65.2 Å². The number of rotatable bonds is 6. The van der Waals surface area contributed by atoms with E-state index in [0.29, 0.717) is 13.0 Å². The fourth-order valence-corrected chi connectivity index (χ4v) is 2.75. The Balaban J connectivity index is 1.98. The standard InChI is InChI=1S/C17H18N2O5S/c1-24-17(21)15-5-3-2-4-14(15)16(20)19-11-10-12-6-8-13(9-7-12)25(18,22)23/h2-9H,10-11H2,1H3,(H,19,20)(H2,18,22,23). The summed E-state index contributed by atoms with van der Waals surface area (Å²) in [4.78, 5) is 24.0. The van der Waals surface area contributed by atoms with Gasteiger partial charge in [-0.05, 0) is 36.2 Å². The fraction of sp³-hybridized carbons (Fsp3) is 0.176. The van der Waals surface area contributed by atoms with Crippen molar-refractivity contribution in [3.8, 4) is 0 Å². The van der Waals surface area contributed by atoms with Crippen LogP contribution in [0.1, 0.15) is 26.3 Å². The first kappa shape index (κ1) is 18.6. The van der Waals surface area contributed by atoms with Gasteiger partial charge >= 0.3 is 5.97 Å². The molecule has 0 bridgehead atoms. The van der Waals surface area contributed by atoms with Crippen LogP contribution in [0.5, 0.6) is 0 Å². The number of hydrogen-bond acceptors (Lipinski definition) is 5. The van der Waals surface area contributed by atoms with E-state index in [-0.39, 0.29) is 21.9 Å². The largest absolute Gasteiger partial charge is 0.465 e. The van der Waals surface area contributed by atoms with E-state index >= 15 is 0 Å². The van der Waals surface area contributed by atoms with Crippen molar-refractivity contribution in [2.75, 3.05) is 13.7 Å². The number of carbonyl (C=O) groups excluding carboxylic acids is 2. The summed E-state index contributed by atoms with van der Waals surface area (Å²) in [6, 6.07) is 12.5. The fourth-order valence-electron chi connectivity index (χ4n) is 2.23. The topological polar surface area (TPSA) is 116 Å². The van der Waals surface area contributed by atoms with E-state index < -0.39 is 16.0 Å². The number of ether oxygens (including phenoxy) is 1. The van der Waals surface area contributed by atoms with E-state index in [2.05, 4.69) is 10.1 Å². The van der Waals surface area contributed by atoms with E-state index in [4.69, 9.17) is 5.14 Å². The molecule has 3 N–H and O–H groups in total. The van der Waals surface area contributed by atoms with Crippen molar-refractivity contribution < 1.29 is 22.7 Å². The summed E-state index contributed by atoms with van der Waals surface area (Å²) in [5.41, 5.74) is 1.27. The van der Waals surface area contributed by atoms with E-state index in [1.54, 1.807) is 30.3 Å². The first-order valence-corrected chi connectivity index (χ1v) is 8.95. The van der Waals surface area contributed by atoms with Crippen molar-refractivity contribution in [2.45, 2.75) is 11.3 Å². The van der Waals surface area contributed by atoms with Crippen LogP contribution in [0.2, 0.25) is 0 Å². The lowest BCUT2D eigenvalue weighted by Gasteiger charge is -2.09. The molecule has 7 nitrogen and oxygen atoms in total. The summed E-state index contributed by atoms with van der Waals surface area (Å²) in [6.07, 6.45) is 0.497. The summed E-state index contributed by atoms with van der Waals surface area (Å²) in [6.45, 7) is 0.322. The highest BCUT2D eigenvalue weighted by molar-refractivity contribution is 7.89. The molecule has 0 atom stereocenters. The van der Waals surface area contributed by atoms with Gasteiger partial charge in [0.2, 0.25) is 10.0 Å². The Morgan fingerprint density at radius 1 is 1.04 bits per heavy atom. The average Bonchev–Trinajstić information content (AvgIpc) is 2.60. The average molecular weight is 362 g/mol. The van der Waals surface area contributed by atoms with Crippen LogP contribution in [0.3, 0.4) is 0 Å². The smallest absolute Gasteiger partial charge is 0.338 e. The lowest BCUT2D eigenvalue weighted by molar-refractivity contribution is 0.0596. The van der Waals surface area contributed by atoms with Crippen molar-refractivity contribution in [1.29, 1.82) is 0 Å². The minimum absolute atomic E-state index is 0.0345. The lowest BCUT2D eigenvalue weighted by atomic mass is 10.1. The van der Waals surface area contributed by atoms with Crippen LogP contribution in [0.25, 0.3) is 0 Å². The molecule has 0 radical (unpaired) electrons. The first-order valence-electron chi connectivity index (χ1n) is 7.40. The van der Waals surface area contributed by atoms with Crippen molar-refractivity contribution in [1.82, 2.24) is 5.32 Å². The number of primary sulfonamides is 1.